The maximum atomic E-state index is 10.1. The number of hydrogen-bond acceptors (Lipinski definition) is 1. The molecule has 0 saturated heterocycles. The van der Waals surface area contributed by atoms with Gasteiger partial charge in [-0.05, 0) is 18.3 Å². The molecule has 0 aromatic rings. The fourth-order valence-electron chi connectivity index (χ4n) is 1.65. The quantitative estimate of drug-likeness (QED) is 0.508. The lowest BCUT2D eigenvalue weighted by molar-refractivity contribution is 0.287. The Morgan fingerprint density at radius 3 is 2.40 bits per heavy atom. The van der Waals surface area contributed by atoms with Gasteiger partial charge < -0.3 is 0 Å². The predicted molar refractivity (Wildman–Crippen MR) is 41.5 cm³/mol. The van der Waals surface area contributed by atoms with Crippen LogP contribution in [0, 0.1) is 5.41 Å². The van der Waals surface area contributed by atoms with Crippen LogP contribution in [0.4, 0.5) is 0 Å². The van der Waals surface area contributed by atoms with Crippen molar-refractivity contribution in [3.8, 4) is 0 Å². The highest BCUT2D eigenvalue weighted by molar-refractivity contribution is 5.46. The van der Waals surface area contributed by atoms with Crippen molar-refractivity contribution in [2.75, 3.05) is 0 Å². The predicted octanol–water partition coefficient (Wildman–Crippen LogP) is 2.34. The molecule has 0 aliphatic heterocycles. The first-order valence-electron chi connectivity index (χ1n) is 3.99. The Bertz CT molecular complexity index is 148. The zero-order valence-corrected chi connectivity index (χ0v) is 6.52. The normalized spacial score (nSPS) is 23.3. The van der Waals surface area contributed by atoms with Crippen LogP contribution in [0.25, 0.3) is 0 Å². The molecule has 1 aliphatic rings. The van der Waals surface area contributed by atoms with Gasteiger partial charge in [-0.3, -0.25) is 0 Å². The van der Waals surface area contributed by atoms with Crippen LogP contribution >= 0.6 is 0 Å². The van der Waals surface area contributed by atoms with Gasteiger partial charge in [-0.25, -0.2) is 4.79 Å². The summed E-state index contributed by atoms with van der Waals surface area (Å²) in [6, 6.07) is 0. The molecule has 56 valence electrons. The van der Waals surface area contributed by atoms with Crippen LogP contribution in [0.3, 0.4) is 0 Å². The minimum Gasteiger partial charge on any atom is -0.234 e. The third kappa shape index (κ3) is 1.71. The first-order valence-corrected chi connectivity index (χ1v) is 3.99. The third-order valence-electron chi connectivity index (χ3n) is 2.40. The smallest absolute Gasteiger partial charge is 0.120 e. The van der Waals surface area contributed by atoms with E-state index < -0.39 is 0 Å². The van der Waals surface area contributed by atoms with Crippen molar-refractivity contribution >= 4 is 5.94 Å². The van der Waals surface area contributed by atoms with E-state index in [1.807, 2.05) is 5.94 Å². The molecule has 1 aliphatic carbocycles. The Morgan fingerprint density at radius 2 is 1.90 bits per heavy atom. The van der Waals surface area contributed by atoms with E-state index >= 15 is 0 Å². The first kappa shape index (κ1) is 7.56. The second-order valence-corrected chi connectivity index (χ2v) is 3.48. The Balaban J connectivity index is 2.56. The molecule has 0 radical (unpaired) electrons. The Labute approximate surface area is 62.1 Å². The summed E-state index contributed by atoms with van der Waals surface area (Å²) in [5, 5.41) is 0. The zero-order chi connectivity index (χ0) is 7.45. The van der Waals surface area contributed by atoms with Gasteiger partial charge in [-0.2, -0.15) is 0 Å². The standard InChI is InChI=1S/C9H14O/c1-9(7-8-10)5-3-2-4-6-9/h7H,2-6H2,1H3. The lowest BCUT2D eigenvalue weighted by Gasteiger charge is -2.28. The van der Waals surface area contributed by atoms with Gasteiger partial charge >= 0.3 is 0 Å². The van der Waals surface area contributed by atoms with Crippen LogP contribution in [-0.4, -0.2) is 5.94 Å². The van der Waals surface area contributed by atoms with Crippen molar-refractivity contribution in [3.63, 3.8) is 0 Å². The average molecular weight is 138 g/mol. The molecule has 1 fully saturated rings. The maximum Gasteiger partial charge on any atom is 0.120 e. The summed E-state index contributed by atoms with van der Waals surface area (Å²) < 4.78 is 0. The first-order chi connectivity index (χ1) is 4.77. The van der Waals surface area contributed by atoms with Crippen molar-refractivity contribution < 1.29 is 4.79 Å². The summed E-state index contributed by atoms with van der Waals surface area (Å²) in [6.45, 7) is 2.15. The van der Waals surface area contributed by atoms with E-state index in [1.54, 1.807) is 6.08 Å². The Morgan fingerprint density at radius 1 is 1.30 bits per heavy atom. The summed E-state index contributed by atoms with van der Waals surface area (Å²) in [6.07, 6.45) is 7.92. The van der Waals surface area contributed by atoms with Crippen molar-refractivity contribution in [1.29, 1.82) is 0 Å². The maximum absolute atomic E-state index is 10.1. The second kappa shape index (κ2) is 3.03. The number of rotatable bonds is 1. The number of allylic oxidation sites excluding steroid dienone is 1. The molecule has 0 aromatic carbocycles. The van der Waals surface area contributed by atoms with E-state index in [0.717, 1.165) is 0 Å². The van der Waals surface area contributed by atoms with E-state index in [4.69, 9.17) is 0 Å². The molecular weight excluding hydrogens is 124 g/mol. The highest BCUT2D eigenvalue weighted by Crippen LogP contribution is 2.35. The van der Waals surface area contributed by atoms with Gasteiger partial charge in [0.2, 0.25) is 0 Å². The van der Waals surface area contributed by atoms with E-state index in [9.17, 15) is 4.79 Å². The summed E-state index contributed by atoms with van der Waals surface area (Å²) >= 11 is 0. The SMILES string of the molecule is CC1(C=C=O)CCCCC1. The summed E-state index contributed by atoms with van der Waals surface area (Å²) in [7, 11) is 0. The van der Waals surface area contributed by atoms with Crippen LogP contribution in [0.2, 0.25) is 0 Å². The summed E-state index contributed by atoms with van der Waals surface area (Å²) in [4.78, 5) is 10.1. The lowest BCUT2D eigenvalue weighted by atomic mass is 9.76. The molecule has 0 aromatic heterocycles. The van der Waals surface area contributed by atoms with Crippen LogP contribution in [-0.2, 0) is 4.79 Å². The molecule has 10 heavy (non-hydrogen) atoms. The van der Waals surface area contributed by atoms with E-state index in [0.29, 0.717) is 0 Å². The molecule has 0 spiro atoms. The molecule has 0 amide bonds. The number of hydrogen-bond donors (Lipinski definition) is 0. The average Bonchev–Trinajstić information content (AvgIpc) is 1.89. The monoisotopic (exact) mass is 138 g/mol. The molecule has 0 atom stereocenters. The van der Waals surface area contributed by atoms with Crippen molar-refractivity contribution in [1.82, 2.24) is 0 Å². The molecule has 0 heterocycles. The molecule has 0 unspecified atom stereocenters. The van der Waals surface area contributed by atoms with Crippen molar-refractivity contribution in [2.24, 2.45) is 5.41 Å². The van der Waals surface area contributed by atoms with Gasteiger partial charge in [0.25, 0.3) is 0 Å². The molecule has 1 rings (SSSR count). The lowest BCUT2D eigenvalue weighted by Crippen LogP contribution is -2.16. The van der Waals surface area contributed by atoms with Crippen LogP contribution < -0.4 is 0 Å². The van der Waals surface area contributed by atoms with Gasteiger partial charge in [0.1, 0.15) is 5.94 Å². The Kier molecular flexibility index (Phi) is 2.29. The molecular formula is C9H14O. The largest absolute Gasteiger partial charge is 0.234 e. The molecule has 1 heteroatoms. The van der Waals surface area contributed by atoms with Gasteiger partial charge in [0.15, 0.2) is 0 Å². The zero-order valence-electron chi connectivity index (χ0n) is 6.52. The molecule has 1 nitrogen and oxygen atoms in total. The fourth-order valence-corrected chi connectivity index (χ4v) is 1.65. The van der Waals surface area contributed by atoms with Gasteiger partial charge in [-0.1, -0.05) is 26.2 Å². The third-order valence-corrected chi connectivity index (χ3v) is 2.40. The van der Waals surface area contributed by atoms with E-state index in [-0.39, 0.29) is 5.41 Å². The minimum absolute atomic E-state index is 0.181. The van der Waals surface area contributed by atoms with Crippen LogP contribution in [0.15, 0.2) is 6.08 Å². The highest BCUT2D eigenvalue weighted by atomic mass is 16.1. The second-order valence-electron chi connectivity index (χ2n) is 3.48. The number of carbonyl (C=O) groups excluding carboxylic acids is 1. The molecule has 0 N–H and O–H groups in total. The highest BCUT2D eigenvalue weighted by Gasteiger charge is 2.23. The minimum atomic E-state index is 0.181. The van der Waals surface area contributed by atoms with Gasteiger partial charge in [-0.15, -0.1) is 0 Å². The van der Waals surface area contributed by atoms with Crippen LogP contribution in [0.1, 0.15) is 39.0 Å². The van der Waals surface area contributed by atoms with Crippen LogP contribution in [0.5, 0.6) is 0 Å². The molecule has 0 bridgehead atoms. The van der Waals surface area contributed by atoms with Crippen molar-refractivity contribution in [2.45, 2.75) is 39.0 Å². The topological polar surface area (TPSA) is 17.1 Å². The summed E-state index contributed by atoms with van der Waals surface area (Å²) in [5.74, 6) is 1.90. The Hall–Kier alpha value is -0.550. The van der Waals surface area contributed by atoms with E-state index in [1.165, 1.54) is 32.1 Å². The summed E-state index contributed by atoms with van der Waals surface area (Å²) in [5.41, 5.74) is 0.181. The fraction of sp³-hybridized carbons (Fsp3) is 0.778. The molecule has 1 saturated carbocycles. The van der Waals surface area contributed by atoms with Gasteiger partial charge in [0, 0.05) is 6.08 Å². The van der Waals surface area contributed by atoms with Crippen molar-refractivity contribution in [3.05, 3.63) is 6.08 Å². The van der Waals surface area contributed by atoms with Gasteiger partial charge in [0.05, 0.1) is 0 Å². The van der Waals surface area contributed by atoms with E-state index in [2.05, 4.69) is 6.92 Å².